The third-order valence-corrected chi connectivity index (χ3v) is 4.22. The number of amides is 1. The summed E-state index contributed by atoms with van der Waals surface area (Å²) < 4.78 is 19.2. The van der Waals surface area contributed by atoms with Crippen LogP contribution < -0.4 is 10.1 Å². The Hall–Kier alpha value is -2.53. The van der Waals surface area contributed by atoms with Crippen LogP contribution in [0.2, 0.25) is 0 Å². The van der Waals surface area contributed by atoms with Gasteiger partial charge in [0.2, 0.25) is 0 Å². The average molecular weight is 343 g/mol. The van der Waals surface area contributed by atoms with Crippen LogP contribution in [0.5, 0.6) is 5.75 Å². The first-order valence-corrected chi connectivity index (χ1v) is 8.00. The van der Waals surface area contributed by atoms with Gasteiger partial charge in [-0.05, 0) is 24.6 Å². The lowest BCUT2D eigenvalue weighted by molar-refractivity contribution is -0.112. The molecule has 0 fully saturated rings. The summed E-state index contributed by atoms with van der Waals surface area (Å²) in [5.41, 5.74) is 1.49. The first-order valence-electron chi connectivity index (χ1n) is 7.19. The second-order valence-electron chi connectivity index (χ2n) is 5.07. The highest BCUT2D eigenvalue weighted by Gasteiger charge is 2.14. The fourth-order valence-electron chi connectivity index (χ4n) is 2.01. The van der Waals surface area contributed by atoms with E-state index >= 15 is 0 Å². The molecule has 2 rings (SSSR count). The van der Waals surface area contributed by atoms with E-state index in [0.29, 0.717) is 27.5 Å². The number of aryl methyl sites for hydroxylation is 1. The second-order valence-corrected chi connectivity index (χ2v) is 6.26. The summed E-state index contributed by atoms with van der Waals surface area (Å²) in [5, 5.41) is 2.73. The van der Waals surface area contributed by atoms with Crippen LogP contribution in [0.15, 0.2) is 60.5 Å². The van der Waals surface area contributed by atoms with Gasteiger partial charge in [0.1, 0.15) is 11.6 Å². The Labute approximate surface area is 145 Å². The second kappa shape index (κ2) is 7.84. The number of hydrogen-bond donors (Lipinski definition) is 1. The van der Waals surface area contributed by atoms with Gasteiger partial charge in [0.05, 0.1) is 12.0 Å². The van der Waals surface area contributed by atoms with E-state index in [1.807, 2.05) is 0 Å². The van der Waals surface area contributed by atoms with Crippen molar-refractivity contribution in [3.05, 3.63) is 77.5 Å². The Bertz CT molecular complexity index is 802. The molecule has 0 spiro atoms. The molecule has 0 aliphatic carbocycles. The number of nitrogens with one attached hydrogen (secondary N) is 1. The lowest BCUT2D eigenvalue weighted by atomic mass is 10.1. The van der Waals surface area contributed by atoms with Crippen molar-refractivity contribution in [2.24, 2.45) is 0 Å². The molecule has 0 atom stereocenters. The van der Waals surface area contributed by atoms with Crippen molar-refractivity contribution in [1.29, 1.82) is 0 Å². The number of carbonyl (C=O) groups is 1. The van der Waals surface area contributed by atoms with Crippen LogP contribution in [0.25, 0.3) is 4.91 Å². The number of hydrogen-bond acceptors (Lipinski definition) is 3. The van der Waals surface area contributed by atoms with Gasteiger partial charge in [0.15, 0.2) is 0 Å². The molecule has 0 aromatic heterocycles. The van der Waals surface area contributed by atoms with Crippen molar-refractivity contribution < 1.29 is 13.9 Å². The molecule has 24 heavy (non-hydrogen) atoms. The number of halogens is 1. The molecule has 0 aliphatic rings. The molecule has 0 heterocycles. The van der Waals surface area contributed by atoms with E-state index in [1.54, 1.807) is 56.5 Å². The summed E-state index contributed by atoms with van der Waals surface area (Å²) in [6.07, 6.45) is 0. The highest BCUT2D eigenvalue weighted by atomic mass is 32.2. The smallest absolute Gasteiger partial charge is 0.261 e. The van der Waals surface area contributed by atoms with Crippen LogP contribution in [0.3, 0.4) is 0 Å². The number of rotatable bonds is 6. The minimum absolute atomic E-state index is 0.226. The Kier molecular flexibility index (Phi) is 5.82. The molecule has 2 aromatic carbocycles. The van der Waals surface area contributed by atoms with Crippen LogP contribution in [0.1, 0.15) is 11.1 Å². The van der Waals surface area contributed by atoms with Gasteiger partial charge < -0.3 is 10.1 Å². The summed E-state index contributed by atoms with van der Waals surface area (Å²) in [6.45, 7) is 9.27. The number of benzene rings is 2. The maximum atomic E-state index is 14.1. The van der Waals surface area contributed by atoms with E-state index in [9.17, 15) is 9.18 Å². The van der Waals surface area contributed by atoms with Crippen LogP contribution in [0.4, 0.5) is 10.1 Å². The molecule has 0 unspecified atom stereocenters. The lowest BCUT2D eigenvalue weighted by Crippen LogP contribution is -2.12. The Morgan fingerprint density at radius 1 is 1.21 bits per heavy atom. The number of thioether (sulfide) groups is 1. The van der Waals surface area contributed by atoms with Gasteiger partial charge in [-0.1, -0.05) is 49.2 Å². The van der Waals surface area contributed by atoms with Crippen molar-refractivity contribution in [3.63, 3.8) is 0 Å². The topological polar surface area (TPSA) is 38.3 Å². The minimum Gasteiger partial charge on any atom is -0.497 e. The zero-order chi connectivity index (χ0) is 17.7. The van der Waals surface area contributed by atoms with Crippen LogP contribution in [-0.4, -0.2) is 13.0 Å². The first-order chi connectivity index (χ1) is 11.4. The minimum atomic E-state index is -0.373. The van der Waals surface area contributed by atoms with Gasteiger partial charge >= 0.3 is 0 Å². The fourth-order valence-corrected chi connectivity index (χ4v) is 2.72. The predicted octanol–water partition coefficient (Wildman–Crippen LogP) is 5.00. The summed E-state index contributed by atoms with van der Waals surface area (Å²) in [6, 6.07) is 12.1. The van der Waals surface area contributed by atoms with E-state index < -0.39 is 0 Å². The molecule has 0 bridgehead atoms. The van der Waals surface area contributed by atoms with Crippen LogP contribution in [0, 0.1) is 12.7 Å². The number of carbonyl (C=O) groups excluding carboxylic acids is 1. The van der Waals surface area contributed by atoms with Gasteiger partial charge in [0, 0.05) is 22.2 Å². The molecule has 0 radical (unpaired) electrons. The molecule has 0 aliphatic heterocycles. The number of ether oxygens (including phenoxy) is 1. The van der Waals surface area contributed by atoms with Crippen molar-refractivity contribution in [2.75, 3.05) is 12.4 Å². The molecular weight excluding hydrogens is 325 g/mol. The summed E-state index contributed by atoms with van der Waals surface area (Å²) >= 11 is 1.04. The molecule has 124 valence electrons. The molecule has 5 heteroatoms. The summed E-state index contributed by atoms with van der Waals surface area (Å²) in [5.74, 6) is -0.0734. The third kappa shape index (κ3) is 4.26. The molecule has 3 nitrogen and oxygen atoms in total. The normalized spacial score (nSPS) is 10.1. The average Bonchev–Trinajstić information content (AvgIpc) is 2.57. The quantitative estimate of drug-likeness (QED) is 0.750. The van der Waals surface area contributed by atoms with Gasteiger partial charge in [-0.2, -0.15) is 0 Å². The van der Waals surface area contributed by atoms with E-state index in [1.165, 1.54) is 0 Å². The van der Waals surface area contributed by atoms with Crippen LogP contribution >= 0.6 is 11.8 Å². The van der Waals surface area contributed by atoms with E-state index in [4.69, 9.17) is 4.74 Å². The molecule has 1 amide bonds. The van der Waals surface area contributed by atoms with Crippen molar-refractivity contribution in [3.8, 4) is 5.75 Å². The zero-order valence-electron chi connectivity index (χ0n) is 13.6. The molecule has 0 saturated heterocycles. The Morgan fingerprint density at radius 2 is 1.92 bits per heavy atom. The molecular formula is C19H18FNO2S. The lowest BCUT2D eigenvalue weighted by Gasteiger charge is -2.11. The standard InChI is InChI=1S/C19H18FNO2S/c1-12-7-5-10-17(18(12)20)13(2)24-14(3)19(22)21-15-8-6-9-16(11-15)23-4/h5-11H,2-3H2,1,4H3,(H,21,22). The zero-order valence-corrected chi connectivity index (χ0v) is 14.4. The Morgan fingerprint density at radius 3 is 2.62 bits per heavy atom. The summed E-state index contributed by atoms with van der Waals surface area (Å²) in [4.78, 5) is 12.9. The summed E-state index contributed by atoms with van der Waals surface area (Å²) in [7, 11) is 1.55. The van der Waals surface area contributed by atoms with Crippen molar-refractivity contribution >= 4 is 28.3 Å². The van der Waals surface area contributed by atoms with Gasteiger partial charge in [-0.3, -0.25) is 4.79 Å². The van der Waals surface area contributed by atoms with Crippen molar-refractivity contribution in [2.45, 2.75) is 6.92 Å². The predicted molar refractivity (Wildman–Crippen MR) is 98.5 cm³/mol. The van der Waals surface area contributed by atoms with Crippen molar-refractivity contribution in [1.82, 2.24) is 0 Å². The van der Waals surface area contributed by atoms with E-state index in [-0.39, 0.29) is 16.6 Å². The highest BCUT2D eigenvalue weighted by molar-refractivity contribution is 8.12. The maximum Gasteiger partial charge on any atom is 0.261 e. The van der Waals surface area contributed by atoms with Crippen LogP contribution in [-0.2, 0) is 4.79 Å². The molecule has 0 saturated carbocycles. The molecule has 2 aromatic rings. The molecule has 1 N–H and O–H groups in total. The monoisotopic (exact) mass is 343 g/mol. The first kappa shape index (κ1) is 17.8. The van der Waals surface area contributed by atoms with Gasteiger partial charge in [-0.25, -0.2) is 4.39 Å². The fraction of sp³-hybridized carbons (Fsp3) is 0.105. The number of methoxy groups -OCH3 is 1. The third-order valence-electron chi connectivity index (χ3n) is 3.32. The Balaban J connectivity index is 2.04. The SMILES string of the molecule is C=C(SC(=C)c1cccc(C)c1F)C(=O)Nc1cccc(OC)c1. The maximum absolute atomic E-state index is 14.1. The highest BCUT2D eigenvalue weighted by Crippen LogP contribution is 2.34. The van der Waals surface area contributed by atoms with E-state index in [0.717, 1.165) is 11.8 Å². The van der Waals surface area contributed by atoms with Gasteiger partial charge in [0.25, 0.3) is 5.91 Å². The number of anilines is 1. The largest absolute Gasteiger partial charge is 0.497 e. The van der Waals surface area contributed by atoms with Gasteiger partial charge in [-0.15, -0.1) is 0 Å². The van der Waals surface area contributed by atoms with E-state index in [2.05, 4.69) is 18.5 Å².